The van der Waals surface area contributed by atoms with Crippen molar-refractivity contribution in [2.45, 2.75) is 26.3 Å². The number of ether oxygens (including phenoxy) is 1. The van der Waals surface area contributed by atoms with Gasteiger partial charge in [0.25, 0.3) is 0 Å². The fourth-order valence-electron chi connectivity index (χ4n) is 5.75. The third-order valence-electron chi connectivity index (χ3n) is 7.94. The first-order valence-corrected chi connectivity index (χ1v) is 14.8. The van der Waals surface area contributed by atoms with E-state index in [0.29, 0.717) is 40.6 Å². The third-order valence-corrected chi connectivity index (χ3v) is 7.94. The van der Waals surface area contributed by atoms with Crippen molar-refractivity contribution in [2.24, 2.45) is 0 Å². The molecule has 7 rings (SSSR count). The predicted octanol–water partition coefficient (Wildman–Crippen LogP) is 5.95. The monoisotopic (exact) mass is 576 g/mol. The van der Waals surface area contributed by atoms with Gasteiger partial charge >= 0.3 is 0 Å². The van der Waals surface area contributed by atoms with E-state index < -0.39 is 0 Å². The van der Waals surface area contributed by atoms with Crippen LogP contribution < -0.4 is 10.1 Å². The zero-order valence-electron chi connectivity index (χ0n) is 24.0. The molecule has 1 saturated heterocycles. The Morgan fingerprint density at radius 3 is 2.79 bits per heavy atom. The average molecular weight is 577 g/mol. The first-order chi connectivity index (χ1) is 21.1. The molecule has 6 aromatic rings. The maximum absolute atomic E-state index is 14.8. The normalized spacial score (nSPS) is 13.8. The molecule has 1 aliphatic heterocycles. The molecule has 0 unspecified atom stereocenters. The number of fused-ring (bicyclic) bond motifs is 2. The molecule has 0 amide bonds. The maximum Gasteiger partial charge on any atom is 0.178 e. The summed E-state index contributed by atoms with van der Waals surface area (Å²) in [4.78, 5) is 19.5. The molecule has 43 heavy (non-hydrogen) atoms. The third kappa shape index (κ3) is 5.71. The van der Waals surface area contributed by atoms with Crippen molar-refractivity contribution in [2.75, 3.05) is 32.8 Å². The van der Waals surface area contributed by atoms with Gasteiger partial charge in [-0.1, -0.05) is 13.0 Å². The molecule has 9 nitrogen and oxygen atoms in total. The molecule has 0 bridgehead atoms. The second-order valence-electron chi connectivity index (χ2n) is 10.9. The van der Waals surface area contributed by atoms with Gasteiger partial charge in [0.05, 0.1) is 11.0 Å². The Morgan fingerprint density at radius 1 is 1.00 bits per heavy atom. The fraction of sp³-hybridized carbons (Fsp3) is 0.273. The van der Waals surface area contributed by atoms with Gasteiger partial charge in [0.2, 0.25) is 0 Å². The van der Waals surface area contributed by atoms with Crippen molar-refractivity contribution in [3.8, 4) is 39.5 Å². The van der Waals surface area contributed by atoms with Gasteiger partial charge in [-0.2, -0.15) is 5.10 Å². The summed E-state index contributed by atoms with van der Waals surface area (Å²) in [7, 11) is 0. The molecule has 10 heteroatoms. The van der Waals surface area contributed by atoms with Crippen LogP contribution in [0.3, 0.4) is 0 Å². The largest absolute Gasteiger partial charge is 0.492 e. The summed E-state index contributed by atoms with van der Waals surface area (Å²) in [6.45, 7) is 7.31. The van der Waals surface area contributed by atoms with Crippen LogP contribution in [-0.2, 0) is 6.54 Å². The van der Waals surface area contributed by atoms with Gasteiger partial charge in [-0.3, -0.25) is 15.0 Å². The van der Waals surface area contributed by atoms with Crippen LogP contribution in [0.15, 0.2) is 67.1 Å². The van der Waals surface area contributed by atoms with Crippen molar-refractivity contribution in [1.29, 1.82) is 0 Å². The molecule has 4 aromatic heterocycles. The molecule has 3 N–H and O–H groups in total. The van der Waals surface area contributed by atoms with Crippen LogP contribution in [0.2, 0.25) is 0 Å². The standard InChI is InChI=1S/C33H33FN8O/c1-2-35-18-21-13-24(20-36-19-21)22-5-6-29-28(16-22)31(41-40-29)33-38-30-27(7-8-37-32(30)39-33)23-14-25(34)17-26(15-23)43-12-11-42-9-3-4-10-42/h5-8,13-17,19-20,35H,2-4,9-12,18H2,1H3,(H,40,41)(H,37,38,39). The van der Waals surface area contributed by atoms with E-state index in [9.17, 15) is 4.39 Å². The molecular weight excluding hydrogens is 543 g/mol. The number of aromatic amines is 2. The second kappa shape index (κ2) is 11.9. The minimum Gasteiger partial charge on any atom is -0.492 e. The molecule has 1 aliphatic rings. The number of H-pyrrole nitrogens is 2. The summed E-state index contributed by atoms with van der Waals surface area (Å²) in [5.41, 5.74) is 7.48. The van der Waals surface area contributed by atoms with Crippen molar-refractivity contribution in [3.63, 3.8) is 0 Å². The summed E-state index contributed by atoms with van der Waals surface area (Å²) in [5.74, 6) is 0.734. The van der Waals surface area contributed by atoms with Gasteiger partial charge < -0.3 is 15.0 Å². The number of hydrogen-bond donors (Lipinski definition) is 3. The molecule has 2 aromatic carbocycles. The number of aromatic nitrogens is 6. The van der Waals surface area contributed by atoms with E-state index in [0.717, 1.165) is 65.9 Å². The van der Waals surface area contributed by atoms with E-state index in [2.05, 4.69) is 60.5 Å². The lowest BCUT2D eigenvalue weighted by atomic mass is 10.0. The van der Waals surface area contributed by atoms with Gasteiger partial charge in [-0.15, -0.1) is 0 Å². The smallest absolute Gasteiger partial charge is 0.178 e. The minimum atomic E-state index is -0.353. The van der Waals surface area contributed by atoms with E-state index in [4.69, 9.17) is 9.72 Å². The van der Waals surface area contributed by atoms with E-state index in [1.165, 1.54) is 25.0 Å². The second-order valence-corrected chi connectivity index (χ2v) is 10.9. The van der Waals surface area contributed by atoms with Crippen molar-refractivity contribution >= 4 is 22.1 Å². The Morgan fingerprint density at radius 2 is 1.91 bits per heavy atom. The summed E-state index contributed by atoms with van der Waals surface area (Å²) in [5, 5.41) is 12.0. The molecule has 0 saturated carbocycles. The van der Waals surface area contributed by atoms with Crippen LogP contribution in [-0.4, -0.2) is 67.8 Å². The first kappa shape index (κ1) is 27.2. The Balaban J connectivity index is 1.20. The van der Waals surface area contributed by atoms with Crippen LogP contribution in [0.1, 0.15) is 25.3 Å². The summed E-state index contributed by atoms with van der Waals surface area (Å²) >= 11 is 0. The molecule has 0 atom stereocenters. The van der Waals surface area contributed by atoms with E-state index >= 15 is 0 Å². The predicted molar refractivity (Wildman–Crippen MR) is 166 cm³/mol. The van der Waals surface area contributed by atoms with Crippen molar-refractivity contribution in [1.82, 2.24) is 40.3 Å². The minimum absolute atomic E-state index is 0.353. The zero-order chi connectivity index (χ0) is 29.2. The highest BCUT2D eigenvalue weighted by molar-refractivity contribution is 5.97. The van der Waals surface area contributed by atoms with Gasteiger partial charge in [0.15, 0.2) is 11.5 Å². The highest BCUT2D eigenvalue weighted by atomic mass is 19.1. The first-order valence-electron chi connectivity index (χ1n) is 14.8. The number of nitrogens with zero attached hydrogens (tertiary/aromatic N) is 5. The quantitative estimate of drug-likeness (QED) is 0.185. The highest BCUT2D eigenvalue weighted by Gasteiger charge is 2.18. The summed E-state index contributed by atoms with van der Waals surface area (Å²) in [6, 6.07) is 15.0. The summed E-state index contributed by atoms with van der Waals surface area (Å²) < 4.78 is 20.7. The van der Waals surface area contributed by atoms with Crippen LogP contribution >= 0.6 is 0 Å². The van der Waals surface area contributed by atoms with E-state index in [1.54, 1.807) is 6.20 Å². The Kier molecular flexibility index (Phi) is 7.53. The SMILES string of the molecule is CCNCc1cncc(-c2ccc3[nH]nc(-c4nc5nccc(-c6cc(F)cc(OCCN7CCCC7)c6)c5[nH]4)c3c2)c1. The maximum atomic E-state index is 14.8. The molecule has 218 valence electrons. The topological polar surface area (TPSA) is 108 Å². The van der Waals surface area contributed by atoms with Crippen LogP contribution in [0, 0.1) is 5.82 Å². The number of rotatable bonds is 10. The molecule has 0 radical (unpaired) electrons. The number of halogens is 1. The highest BCUT2D eigenvalue weighted by Crippen LogP contribution is 2.34. The van der Waals surface area contributed by atoms with Crippen LogP contribution in [0.25, 0.3) is 55.8 Å². The van der Waals surface area contributed by atoms with E-state index in [1.807, 2.05) is 30.6 Å². The van der Waals surface area contributed by atoms with Crippen LogP contribution in [0.5, 0.6) is 5.75 Å². The molecule has 1 fully saturated rings. The lowest BCUT2D eigenvalue weighted by Gasteiger charge is -2.15. The Bertz CT molecular complexity index is 1890. The van der Waals surface area contributed by atoms with Crippen molar-refractivity contribution in [3.05, 3.63) is 78.5 Å². The van der Waals surface area contributed by atoms with Crippen molar-refractivity contribution < 1.29 is 9.13 Å². The number of imidazole rings is 1. The summed E-state index contributed by atoms with van der Waals surface area (Å²) in [6.07, 6.45) is 7.90. The lowest BCUT2D eigenvalue weighted by Crippen LogP contribution is -2.25. The van der Waals surface area contributed by atoms with Gasteiger partial charge in [0, 0.05) is 54.3 Å². The van der Waals surface area contributed by atoms with Gasteiger partial charge in [-0.25, -0.2) is 14.4 Å². The average Bonchev–Trinajstić information content (AvgIpc) is 3.79. The molecule has 0 aliphatic carbocycles. The number of benzene rings is 2. The van der Waals surface area contributed by atoms with E-state index in [-0.39, 0.29) is 5.82 Å². The lowest BCUT2D eigenvalue weighted by molar-refractivity contribution is 0.237. The molecule has 5 heterocycles. The number of likely N-dealkylation sites (tertiary alicyclic amines) is 1. The fourth-order valence-corrected chi connectivity index (χ4v) is 5.75. The zero-order valence-corrected chi connectivity index (χ0v) is 24.0. The Hall–Kier alpha value is -4.67. The van der Waals surface area contributed by atoms with Gasteiger partial charge in [-0.05, 0) is 85.6 Å². The molecule has 0 spiro atoms. The number of nitrogens with one attached hydrogen (secondary N) is 3. The Labute approximate surface area is 248 Å². The number of pyridine rings is 2. The molecular formula is C33H33FN8O. The van der Waals surface area contributed by atoms with Crippen LogP contribution in [0.4, 0.5) is 4.39 Å². The number of hydrogen-bond acceptors (Lipinski definition) is 7. The van der Waals surface area contributed by atoms with Gasteiger partial charge in [0.1, 0.15) is 23.9 Å².